The number of rotatable bonds is 2. The number of aromatic nitrogens is 1. The minimum Gasteiger partial charge on any atom is -0.476 e. The second-order valence-corrected chi connectivity index (χ2v) is 4.27. The van der Waals surface area contributed by atoms with E-state index >= 15 is 0 Å². The predicted molar refractivity (Wildman–Crippen MR) is 45.8 cm³/mol. The number of aryl methyl sites for hydroxylation is 1. The number of nitrogens with zero attached hydrogens (tertiary/aromatic N) is 1. The highest BCUT2D eigenvalue weighted by Gasteiger charge is 2.28. The molecule has 4 heteroatoms. The van der Waals surface area contributed by atoms with Gasteiger partial charge in [-0.15, -0.1) is 11.3 Å². The standard InChI is InChI=1S/C8H9NO2S/c1-4-6(8(10)11)9-7(12-4)5-2-3-5/h5H,2-3H2,1H3,(H,10,11). The summed E-state index contributed by atoms with van der Waals surface area (Å²) in [5.74, 6) is -0.350. The highest BCUT2D eigenvalue weighted by molar-refractivity contribution is 7.12. The molecule has 12 heavy (non-hydrogen) atoms. The molecule has 1 aliphatic rings. The van der Waals surface area contributed by atoms with Crippen LogP contribution in [-0.4, -0.2) is 16.1 Å². The summed E-state index contributed by atoms with van der Waals surface area (Å²) in [5, 5.41) is 9.73. The summed E-state index contributed by atoms with van der Waals surface area (Å²) >= 11 is 1.52. The molecule has 1 N–H and O–H groups in total. The molecule has 0 unspecified atom stereocenters. The Bertz CT molecular complexity index is 328. The normalized spacial score (nSPS) is 16.4. The van der Waals surface area contributed by atoms with Crippen molar-refractivity contribution >= 4 is 17.3 Å². The van der Waals surface area contributed by atoms with E-state index in [9.17, 15) is 4.79 Å². The number of carboxylic acids is 1. The molecule has 1 aliphatic carbocycles. The molecule has 0 aromatic carbocycles. The molecule has 2 rings (SSSR count). The monoisotopic (exact) mass is 183 g/mol. The molecule has 1 aromatic rings. The third-order valence-electron chi connectivity index (χ3n) is 1.94. The zero-order valence-corrected chi connectivity index (χ0v) is 7.52. The molecule has 0 aliphatic heterocycles. The molecule has 0 spiro atoms. The molecule has 64 valence electrons. The Morgan fingerprint density at radius 2 is 2.33 bits per heavy atom. The average Bonchev–Trinajstić information content (AvgIpc) is 2.75. The summed E-state index contributed by atoms with van der Waals surface area (Å²) in [6.45, 7) is 1.81. The molecule has 0 saturated heterocycles. The van der Waals surface area contributed by atoms with Crippen molar-refractivity contribution in [1.29, 1.82) is 0 Å². The van der Waals surface area contributed by atoms with Crippen LogP contribution in [0.15, 0.2) is 0 Å². The van der Waals surface area contributed by atoms with Crippen LogP contribution in [0.2, 0.25) is 0 Å². The number of carboxylic acid groups (broad SMARTS) is 1. The van der Waals surface area contributed by atoms with Crippen molar-refractivity contribution < 1.29 is 9.90 Å². The first-order valence-electron chi connectivity index (χ1n) is 3.89. The smallest absolute Gasteiger partial charge is 0.355 e. The molecule has 1 aromatic heterocycles. The van der Waals surface area contributed by atoms with Crippen molar-refractivity contribution in [2.24, 2.45) is 0 Å². The summed E-state index contributed by atoms with van der Waals surface area (Å²) in [6, 6.07) is 0. The van der Waals surface area contributed by atoms with Gasteiger partial charge >= 0.3 is 5.97 Å². The maximum atomic E-state index is 10.6. The Labute approximate surface area is 74.1 Å². The molecular formula is C8H9NO2S. The van der Waals surface area contributed by atoms with Gasteiger partial charge < -0.3 is 5.11 Å². The van der Waals surface area contributed by atoms with Crippen molar-refractivity contribution in [3.63, 3.8) is 0 Å². The van der Waals surface area contributed by atoms with Gasteiger partial charge in [0.25, 0.3) is 0 Å². The van der Waals surface area contributed by atoms with E-state index in [-0.39, 0.29) is 5.69 Å². The van der Waals surface area contributed by atoms with Crippen molar-refractivity contribution in [2.45, 2.75) is 25.7 Å². The number of aromatic carboxylic acids is 1. The first-order valence-corrected chi connectivity index (χ1v) is 4.70. The minimum absolute atomic E-state index is 0.238. The first kappa shape index (κ1) is 7.73. The lowest BCUT2D eigenvalue weighted by Crippen LogP contribution is -1.98. The first-order chi connectivity index (χ1) is 5.68. The Balaban J connectivity index is 2.36. The fourth-order valence-electron chi connectivity index (χ4n) is 1.12. The highest BCUT2D eigenvalue weighted by Crippen LogP contribution is 2.42. The quantitative estimate of drug-likeness (QED) is 0.763. The molecule has 0 atom stereocenters. The maximum Gasteiger partial charge on any atom is 0.355 e. The predicted octanol–water partition coefficient (Wildman–Crippen LogP) is 2.03. The lowest BCUT2D eigenvalue weighted by Gasteiger charge is -1.85. The van der Waals surface area contributed by atoms with Crippen molar-refractivity contribution in [3.8, 4) is 0 Å². The van der Waals surface area contributed by atoms with Gasteiger partial charge in [0, 0.05) is 10.8 Å². The molecule has 3 nitrogen and oxygen atoms in total. The van der Waals surface area contributed by atoms with Crippen molar-refractivity contribution in [1.82, 2.24) is 4.98 Å². The lowest BCUT2D eigenvalue weighted by atomic mass is 10.4. The van der Waals surface area contributed by atoms with Crippen LogP contribution >= 0.6 is 11.3 Å². The summed E-state index contributed by atoms with van der Waals surface area (Å²) in [4.78, 5) is 15.5. The number of carbonyl (C=O) groups is 1. The van der Waals surface area contributed by atoms with Gasteiger partial charge in [-0.05, 0) is 19.8 Å². The molecule has 1 fully saturated rings. The van der Waals surface area contributed by atoms with Crippen molar-refractivity contribution in [2.75, 3.05) is 0 Å². The fraction of sp³-hybridized carbons (Fsp3) is 0.500. The van der Waals surface area contributed by atoms with E-state index in [1.165, 1.54) is 24.2 Å². The molecule has 1 saturated carbocycles. The SMILES string of the molecule is Cc1sc(C2CC2)nc1C(=O)O. The van der Waals surface area contributed by atoms with Crippen LogP contribution in [0.1, 0.15) is 39.1 Å². The second-order valence-electron chi connectivity index (χ2n) is 3.04. The van der Waals surface area contributed by atoms with Crippen LogP contribution in [0.5, 0.6) is 0 Å². The van der Waals surface area contributed by atoms with E-state index in [1.807, 2.05) is 6.92 Å². The van der Waals surface area contributed by atoms with Gasteiger partial charge in [-0.3, -0.25) is 0 Å². The Hall–Kier alpha value is -0.900. The summed E-state index contributed by atoms with van der Waals surface area (Å²) in [6.07, 6.45) is 2.35. The zero-order valence-electron chi connectivity index (χ0n) is 6.70. The molecular weight excluding hydrogens is 174 g/mol. The molecule has 0 bridgehead atoms. The molecule has 0 amide bonds. The number of thiazole rings is 1. The summed E-state index contributed by atoms with van der Waals surface area (Å²) in [7, 11) is 0. The van der Waals surface area contributed by atoms with Crippen LogP contribution in [0.25, 0.3) is 0 Å². The number of hydrogen-bond acceptors (Lipinski definition) is 3. The summed E-state index contributed by atoms with van der Waals surface area (Å²) < 4.78 is 0. The largest absolute Gasteiger partial charge is 0.476 e. The third kappa shape index (κ3) is 1.22. The van der Waals surface area contributed by atoms with Gasteiger partial charge in [0.2, 0.25) is 0 Å². The van der Waals surface area contributed by atoms with Crippen LogP contribution < -0.4 is 0 Å². The Kier molecular flexibility index (Phi) is 1.65. The third-order valence-corrected chi connectivity index (χ3v) is 3.08. The second kappa shape index (κ2) is 2.55. The topological polar surface area (TPSA) is 50.2 Å². The van der Waals surface area contributed by atoms with Crippen LogP contribution in [-0.2, 0) is 0 Å². The van der Waals surface area contributed by atoms with Gasteiger partial charge in [-0.1, -0.05) is 0 Å². The molecule has 1 heterocycles. The van der Waals surface area contributed by atoms with E-state index in [4.69, 9.17) is 5.11 Å². The van der Waals surface area contributed by atoms with Crippen LogP contribution in [0.4, 0.5) is 0 Å². The van der Waals surface area contributed by atoms with E-state index in [0.717, 1.165) is 9.88 Å². The van der Waals surface area contributed by atoms with Crippen molar-refractivity contribution in [3.05, 3.63) is 15.6 Å². The highest BCUT2D eigenvalue weighted by atomic mass is 32.1. The van der Waals surface area contributed by atoms with Gasteiger partial charge in [-0.2, -0.15) is 0 Å². The van der Waals surface area contributed by atoms with Gasteiger partial charge in [0.1, 0.15) is 0 Å². The maximum absolute atomic E-state index is 10.6. The fourth-order valence-corrected chi connectivity index (χ4v) is 2.20. The van der Waals surface area contributed by atoms with Gasteiger partial charge in [0.15, 0.2) is 5.69 Å². The number of hydrogen-bond donors (Lipinski definition) is 1. The Morgan fingerprint density at radius 3 is 2.75 bits per heavy atom. The van der Waals surface area contributed by atoms with Crippen LogP contribution in [0.3, 0.4) is 0 Å². The van der Waals surface area contributed by atoms with E-state index in [2.05, 4.69) is 4.98 Å². The van der Waals surface area contributed by atoms with E-state index in [0.29, 0.717) is 5.92 Å². The van der Waals surface area contributed by atoms with Crippen LogP contribution in [0, 0.1) is 6.92 Å². The average molecular weight is 183 g/mol. The van der Waals surface area contributed by atoms with E-state index in [1.54, 1.807) is 0 Å². The minimum atomic E-state index is -0.907. The van der Waals surface area contributed by atoms with E-state index < -0.39 is 5.97 Å². The zero-order chi connectivity index (χ0) is 8.72. The molecule has 0 radical (unpaired) electrons. The van der Waals surface area contributed by atoms with Gasteiger partial charge in [0.05, 0.1) is 5.01 Å². The Morgan fingerprint density at radius 1 is 1.67 bits per heavy atom. The summed E-state index contributed by atoms with van der Waals surface area (Å²) in [5.41, 5.74) is 0.238. The van der Waals surface area contributed by atoms with Gasteiger partial charge in [-0.25, -0.2) is 9.78 Å². The lowest BCUT2D eigenvalue weighted by molar-refractivity contribution is 0.0690.